The first-order valence-electron chi connectivity index (χ1n) is 5.49. The number of aliphatic carboxylic acids is 1. The van der Waals surface area contributed by atoms with Crippen LogP contribution < -0.4 is 4.74 Å². The van der Waals surface area contributed by atoms with E-state index < -0.39 is 12.0 Å². The minimum Gasteiger partial charge on any atom is -0.497 e. The number of carbonyl (C=O) groups excluding carboxylic acids is 1. The van der Waals surface area contributed by atoms with Crippen LogP contribution in [0.5, 0.6) is 5.75 Å². The molecule has 1 unspecified atom stereocenters. The Kier molecular flexibility index (Phi) is 4.36. The van der Waals surface area contributed by atoms with Crippen LogP contribution in [0, 0.1) is 0 Å². The number of hydrogen-bond donors (Lipinski definition) is 1. The van der Waals surface area contributed by atoms with E-state index in [0.717, 1.165) is 0 Å². The van der Waals surface area contributed by atoms with Gasteiger partial charge in [-0.3, -0.25) is 4.79 Å². The van der Waals surface area contributed by atoms with E-state index in [-0.39, 0.29) is 5.91 Å². The lowest BCUT2D eigenvalue weighted by Crippen LogP contribution is -2.41. The van der Waals surface area contributed by atoms with Crippen molar-refractivity contribution in [3.63, 3.8) is 0 Å². The fourth-order valence-corrected chi connectivity index (χ4v) is 3.36. The van der Waals surface area contributed by atoms with Gasteiger partial charge in [-0.15, -0.1) is 11.8 Å². The van der Waals surface area contributed by atoms with Crippen LogP contribution in [0.25, 0.3) is 0 Å². The van der Waals surface area contributed by atoms with Crippen molar-refractivity contribution in [2.45, 2.75) is 6.04 Å². The number of thioether (sulfide) groups is 1. The molecular formula is C12H12BrNO4S. The largest absolute Gasteiger partial charge is 0.497 e. The van der Waals surface area contributed by atoms with Gasteiger partial charge in [0.1, 0.15) is 11.8 Å². The summed E-state index contributed by atoms with van der Waals surface area (Å²) in [6, 6.07) is 4.28. The molecule has 5 nitrogen and oxygen atoms in total. The molecule has 102 valence electrons. The van der Waals surface area contributed by atoms with Gasteiger partial charge >= 0.3 is 5.97 Å². The number of rotatable bonds is 3. The lowest BCUT2D eigenvalue weighted by atomic mass is 10.1. The minimum absolute atomic E-state index is 0.303. The number of carboxylic acids is 1. The Balaban J connectivity index is 2.31. The Labute approximate surface area is 123 Å². The van der Waals surface area contributed by atoms with Crippen molar-refractivity contribution < 1.29 is 19.4 Å². The van der Waals surface area contributed by atoms with Crippen molar-refractivity contribution in [2.24, 2.45) is 0 Å². The molecule has 19 heavy (non-hydrogen) atoms. The molecule has 7 heteroatoms. The Morgan fingerprint density at radius 2 is 2.26 bits per heavy atom. The Morgan fingerprint density at radius 3 is 2.89 bits per heavy atom. The SMILES string of the molecule is COc1ccc(Br)c(C(=O)N2CSCC2C(=O)O)c1. The number of ether oxygens (including phenoxy) is 1. The van der Waals surface area contributed by atoms with E-state index in [4.69, 9.17) is 9.84 Å². The van der Waals surface area contributed by atoms with E-state index in [9.17, 15) is 9.59 Å². The third-order valence-corrected chi connectivity index (χ3v) is 4.54. The molecule has 1 amide bonds. The summed E-state index contributed by atoms with van der Waals surface area (Å²) in [5.41, 5.74) is 0.410. The van der Waals surface area contributed by atoms with Crippen molar-refractivity contribution in [1.29, 1.82) is 0 Å². The molecule has 0 saturated carbocycles. The van der Waals surface area contributed by atoms with Crippen molar-refractivity contribution in [1.82, 2.24) is 4.90 Å². The zero-order valence-electron chi connectivity index (χ0n) is 10.1. The first-order valence-corrected chi connectivity index (χ1v) is 7.44. The molecule has 0 aliphatic carbocycles. The summed E-state index contributed by atoms with van der Waals surface area (Å²) < 4.78 is 5.71. The van der Waals surface area contributed by atoms with Crippen molar-refractivity contribution in [2.75, 3.05) is 18.7 Å². The number of nitrogens with zero attached hydrogens (tertiary/aromatic N) is 1. The fourth-order valence-electron chi connectivity index (χ4n) is 1.80. The molecule has 1 aliphatic heterocycles. The maximum absolute atomic E-state index is 12.4. The molecule has 2 rings (SSSR count). The van der Waals surface area contributed by atoms with Crippen LogP contribution in [-0.4, -0.2) is 46.7 Å². The quantitative estimate of drug-likeness (QED) is 0.908. The molecule has 1 aromatic rings. The average molecular weight is 346 g/mol. The number of methoxy groups -OCH3 is 1. The van der Waals surface area contributed by atoms with Gasteiger partial charge in [-0.1, -0.05) is 0 Å². The summed E-state index contributed by atoms with van der Waals surface area (Å²) in [5, 5.41) is 9.11. The smallest absolute Gasteiger partial charge is 0.327 e. The molecule has 1 N–H and O–H groups in total. The third kappa shape index (κ3) is 2.87. The van der Waals surface area contributed by atoms with Crippen LogP contribution in [0.3, 0.4) is 0 Å². The first kappa shape index (κ1) is 14.2. The van der Waals surface area contributed by atoms with Crippen LogP contribution >= 0.6 is 27.7 Å². The number of benzene rings is 1. The topological polar surface area (TPSA) is 66.8 Å². The standard InChI is InChI=1S/C12H12BrNO4S/c1-18-7-2-3-9(13)8(4-7)11(15)14-6-19-5-10(14)12(16)17/h2-4,10H,5-6H2,1H3,(H,16,17). The summed E-state index contributed by atoms with van der Waals surface area (Å²) >= 11 is 4.74. The van der Waals surface area contributed by atoms with E-state index >= 15 is 0 Å². The summed E-state index contributed by atoms with van der Waals surface area (Å²) in [4.78, 5) is 24.9. The summed E-state index contributed by atoms with van der Waals surface area (Å²) in [5.74, 6) is 0.0908. The van der Waals surface area contributed by atoms with Gasteiger partial charge in [0.15, 0.2) is 0 Å². The molecule has 1 saturated heterocycles. The normalized spacial score (nSPS) is 18.4. The van der Waals surface area contributed by atoms with Crippen LogP contribution in [0.1, 0.15) is 10.4 Å². The van der Waals surface area contributed by atoms with Gasteiger partial charge in [0, 0.05) is 10.2 Å². The lowest BCUT2D eigenvalue weighted by Gasteiger charge is -2.21. The lowest BCUT2D eigenvalue weighted by molar-refractivity contribution is -0.140. The monoisotopic (exact) mass is 345 g/mol. The van der Waals surface area contributed by atoms with Gasteiger partial charge < -0.3 is 14.7 Å². The molecule has 1 aliphatic rings. The fraction of sp³-hybridized carbons (Fsp3) is 0.333. The predicted molar refractivity (Wildman–Crippen MR) is 75.6 cm³/mol. The molecule has 0 bridgehead atoms. The van der Waals surface area contributed by atoms with Gasteiger partial charge in [0.05, 0.1) is 18.6 Å². The maximum atomic E-state index is 12.4. The second-order valence-corrected chi connectivity index (χ2v) is 5.83. The van der Waals surface area contributed by atoms with Crippen LogP contribution in [0.15, 0.2) is 22.7 Å². The molecule has 1 fully saturated rings. The van der Waals surface area contributed by atoms with Crippen molar-refractivity contribution >= 4 is 39.6 Å². The summed E-state index contributed by atoms with van der Waals surface area (Å²) in [7, 11) is 1.52. The first-order chi connectivity index (χ1) is 9.04. The highest BCUT2D eigenvalue weighted by Gasteiger charge is 2.35. The third-order valence-electron chi connectivity index (χ3n) is 2.83. The molecule has 1 aromatic carbocycles. The van der Waals surface area contributed by atoms with E-state index in [2.05, 4.69) is 15.9 Å². The molecule has 0 aromatic heterocycles. The number of halogens is 1. The summed E-state index contributed by atoms with van der Waals surface area (Å²) in [6.07, 6.45) is 0. The Morgan fingerprint density at radius 1 is 1.53 bits per heavy atom. The second kappa shape index (κ2) is 5.83. The zero-order chi connectivity index (χ0) is 14.0. The Bertz CT molecular complexity index is 522. The van der Waals surface area contributed by atoms with Crippen LogP contribution in [-0.2, 0) is 4.79 Å². The van der Waals surface area contributed by atoms with Crippen molar-refractivity contribution in [3.05, 3.63) is 28.2 Å². The van der Waals surface area contributed by atoms with Gasteiger partial charge in [-0.25, -0.2) is 4.79 Å². The molecule has 0 radical (unpaired) electrons. The molecule has 1 heterocycles. The van der Waals surface area contributed by atoms with Gasteiger partial charge in [-0.05, 0) is 34.1 Å². The van der Waals surface area contributed by atoms with E-state index in [1.807, 2.05) is 0 Å². The van der Waals surface area contributed by atoms with Crippen LogP contribution in [0.4, 0.5) is 0 Å². The van der Waals surface area contributed by atoms with E-state index in [1.165, 1.54) is 23.8 Å². The highest BCUT2D eigenvalue weighted by atomic mass is 79.9. The Hall–Kier alpha value is -1.21. The van der Waals surface area contributed by atoms with Gasteiger partial charge in [-0.2, -0.15) is 0 Å². The second-order valence-electron chi connectivity index (χ2n) is 3.97. The number of carboxylic acid groups (broad SMARTS) is 1. The minimum atomic E-state index is -0.975. The van der Waals surface area contributed by atoms with Gasteiger partial charge in [0.2, 0.25) is 0 Å². The molecule has 1 atom stereocenters. The van der Waals surface area contributed by atoms with E-state index in [0.29, 0.717) is 27.4 Å². The molecular weight excluding hydrogens is 334 g/mol. The number of carbonyl (C=O) groups is 2. The highest BCUT2D eigenvalue weighted by molar-refractivity contribution is 9.10. The van der Waals surface area contributed by atoms with Crippen LogP contribution in [0.2, 0.25) is 0 Å². The van der Waals surface area contributed by atoms with Gasteiger partial charge in [0.25, 0.3) is 5.91 Å². The predicted octanol–water partition coefficient (Wildman–Crippen LogP) is 2.06. The maximum Gasteiger partial charge on any atom is 0.327 e. The molecule has 0 spiro atoms. The number of amides is 1. The average Bonchev–Trinajstić information content (AvgIpc) is 2.88. The summed E-state index contributed by atoms with van der Waals surface area (Å²) in [6.45, 7) is 0. The van der Waals surface area contributed by atoms with Crippen molar-refractivity contribution in [3.8, 4) is 5.75 Å². The number of hydrogen-bond acceptors (Lipinski definition) is 4. The highest BCUT2D eigenvalue weighted by Crippen LogP contribution is 2.28. The van der Waals surface area contributed by atoms with E-state index in [1.54, 1.807) is 18.2 Å². The zero-order valence-corrected chi connectivity index (χ0v) is 12.5.